The highest BCUT2D eigenvalue weighted by atomic mass is 16.6. The maximum atomic E-state index is 15.0. The molecule has 19 nitrogen and oxygen atoms in total. The standard InChI is InChI=1S/C60H88N6O13/c1-38(2)31-49-58(71)78-41(6)55(68)62(8)51(34-43-13-14-43)60(73)79-53(36-45-17-21-47(22-18-45)66-25-29-75-30-26-66)57(70)64(10)50(32-39(3)4)59(72)77-40(5)54(67)61(7)48(33-42-11-12-42)37-76-52(56(69)63(49)9)35-44-15-19-46(20-16-44)65-23-27-74-28-24-65/h15-22,38-43,48-53H,11-14,23-37H2,1-10H3/t40-,41-,48+,49+,50+,51+,52-,53-/m1/s1. The molecule has 7 rings (SSSR count). The SMILES string of the molecule is CC(C)C[C@H]1C(=O)O[C@H](C)C(=O)N(C)[C@@H](CC2CC2)C(=O)O[C@H](Cc2ccc(N3CCOCC3)cc2)C(=O)N(C)[C@@H](CC(C)C)C(=O)O[C@H](C)C(=O)N(C)[C@@H](CC2CC2)CO[C@H](Cc2ccc(N3CCOCC3)cc2)C(=O)N1C. The van der Waals surface area contributed by atoms with Crippen LogP contribution in [0.2, 0.25) is 0 Å². The van der Waals surface area contributed by atoms with E-state index in [1.807, 2.05) is 76.2 Å². The summed E-state index contributed by atoms with van der Waals surface area (Å²) in [5.74, 6) is -4.52. The monoisotopic (exact) mass is 1100 g/mol. The molecule has 8 atom stereocenters. The molecule has 2 aromatic carbocycles. The summed E-state index contributed by atoms with van der Waals surface area (Å²) in [7, 11) is 6.10. The van der Waals surface area contributed by atoms with Gasteiger partial charge in [0.05, 0.1) is 39.1 Å². The fourth-order valence-electron chi connectivity index (χ4n) is 10.8. The van der Waals surface area contributed by atoms with Crippen LogP contribution in [0.3, 0.4) is 0 Å². The molecule has 5 aliphatic rings. The van der Waals surface area contributed by atoms with Crippen molar-refractivity contribution in [2.75, 3.05) is 97.2 Å². The van der Waals surface area contributed by atoms with Gasteiger partial charge in [-0.25, -0.2) is 14.4 Å². The second-order valence-electron chi connectivity index (χ2n) is 23.5. The fourth-order valence-corrected chi connectivity index (χ4v) is 10.8. The number of nitrogens with zero attached hydrogens (tertiary/aromatic N) is 6. The van der Waals surface area contributed by atoms with E-state index < -0.39 is 90.1 Å². The Morgan fingerprint density at radius 2 is 0.848 bits per heavy atom. The summed E-state index contributed by atoms with van der Waals surface area (Å²) in [4.78, 5) is 113. The summed E-state index contributed by atoms with van der Waals surface area (Å²) in [6.07, 6.45) is -0.381. The van der Waals surface area contributed by atoms with Crippen molar-refractivity contribution in [3.8, 4) is 0 Å². The van der Waals surface area contributed by atoms with Crippen molar-refractivity contribution in [2.24, 2.45) is 23.7 Å². The first-order valence-corrected chi connectivity index (χ1v) is 28.8. The first-order chi connectivity index (χ1) is 37.7. The Morgan fingerprint density at radius 1 is 0.468 bits per heavy atom. The number of ether oxygens (including phenoxy) is 6. The molecule has 5 fully saturated rings. The summed E-state index contributed by atoms with van der Waals surface area (Å²) in [6.45, 7) is 16.0. The van der Waals surface area contributed by atoms with Gasteiger partial charge in [0.2, 0.25) is 0 Å². The number of anilines is 2. The van der Waals surface area contributed by atoms with Crippen LogP contribution in [-0.2, 0) is 74.8 Å². The summed E-state index contributed by atoms with van der Waals surface area (Å²) in [5.41, 5.74) is 3.50. The van der Waals surface area contributed by atoms with Crippen LogP contribution >= 0.6 is 0 Å². The van der Waals surface area contributed by atoms with Crippen molar-refractivity contribution in [1.82, 2.24) is 19.6 Å². The topological polar surface area (TPSA) is 194 Å². The van der Waals surface area contributed by atoms with Gasteiger partial charge in [-0.2, -0.15) is 0 Å². The molecular formula is C60H88N6O13. The Morgan fingerprint density at radius 3 is 1.28 bits per heavy atom. The van der Waals surface area contributed by atoms with Crippen LogP contribution in [0.4, 0.5) is 11.4 Å². The number of rotatable bonds is 14. The van der Waals surface area contributed by atoms with Gasteiger partial charge in [-0.05, 0) is 98.6 Å². The maximum absolute atomic E-state index is 15.0. The Hall–Kier alpha value is -5.79. The minimum absolute atomic E-state index is 0.0437. The van der Waals surface area contributed by atoms with Gasteiger partial charge in [-0.3, -0.25) is 19.2 Å². The smallest absolute Gasteiger partial charge is 0.329 e. The van der Waals surface area contributed by atoms with Gasteiger partial charge >= 0.3 is 17.9 Å². The molecule has 3 heterocycles. The summed E-state index contributed by atoms with van der Waals surface area (Å²) in [6, 6.07) is 11.6. The molecule has 3 aliphatic heterocycles. The molecule has 3 saturated heterocycles. The van der Waals surface area contributed by atoms with Crippen molar-refractivity contribution in [2.45, 2.75) is 154 Å². The first-order valence-electron chi connectivity index (χ1n) is 28.8. The summed E-state index contributed by atoms with van der Waals surface area (Å²) >= 11 is 0. The van der Waals surface area contributed by atoms with Gasteiger partial charge in [0.1, 0.15) is 24.2 Å². The average Bonchev–Trinajstić information content (AvgIpc) is 4.41. The van der Waals surface area contributed by atoms with Gasteiger partial charge in [-0.15, -0.1) is 0 Å². The number of carbonyl (C=O) groups excluding carboxylic acids is 7. The molecule has 0 spiro atoms. The number of benzene rings is 2. The molecule has 2 aromatic rings. The molecule has 0 bridgehead atoms. The van der Waals surface area contributed by atoms with Crippen molar-refractivity contribution in [3.05, 3.63) is 59.7 Å². The van der Waals surface area contributed by atoms with Gasteiger partial charge in [0, 0.05) is 78.6 Å². The number of morpholine rings is 2. The normalized spacial score (nSPS) is 27.6. The van der Waals surface area contributed by atoms with Gasteiger partial charge in [-0.1, -0.05) is 77.6 Å². The molecule has 2 aliphatic carbocycles. The molecule has 436 valence electrons. The zero-order chi connectivity index (χ0) is 57.1. The number of likely N-dealkylation sites (N-methyl/N-ethyl adjacent to an activating group) is 4. The lowest BCUT2D eigenvalue weighted by Gasteiger charge is -2.35. The molecule has 2 saturated carbocycles. The molecule has 4 amide bonds. The third-order valence-corrected chi connectivity index (χ3v) is 16.1. The van der Waals surface area contributed by atoms with E-state index >= 15 is 9.59 Å². The largest absolute Gasteiger partial charge is 0.451 e. The zero-order valence-electron chi connectivity index (χ0n) is 48.5. The Kier molecular flexibility index (Phi) is 21.6. The molecule has 0 N–H and O–H groups in total. The third kappa shape index (κ3) is 16.9. The molecule has 79 heavy (non-hydrogen) atoms. The number of carbonyl (C=O) groups is 7. The molecule has 0 aromatic heterocycles. The lowest BCUT2D eigenvalue weighted by molar-refractivity contribution is -0.174. The fraction of sp³-hybridized carbons (Fsp3) is 0.683. The van der Waals surface area contributed by atoms with Crippen LogP contribution in [0.25, 0.3) is 0 Å². The van der Waals surface area contributed by atoms with Crippen LogP contribution in [0.15, 0.2) is 48.5 Å². The number of hydrogen-bond donors (Lipinski definition) is 0. The van der Waals surface area contributed by atoms with Crippen LogP contribution < -0.4 is 9.80 Å². The molecule has 19 heteroatoms. The zero-order valence-corrected chi connectivity index (χ0v) is 48.5. The van der Waals surface area contributed by atoms with E-state index in [-0.39, 0.29) is 56.5 Å². The molecule has 0 unspecified atom stereocenters. The third-order valence-electron chi connectivity index (χ3n) is 16.1. The van der Waals surface area contributed by atoms with Crippen LogP contribution in [0.1, 0.15) is 104 Å². The summed E-state index contributed by atoms with van der Waals surface area (Å²) < 4.78 is 36.0. The second kappa shape index (κ2) is 28.1. The van der Waals surface area contributed by atoms with Gasteiger partial charge in [0.25, 0.3) is 23.6 Å². The Bertz CT molecular complexity index is 2380. The highest BCUT2D eigenvalue weighted by Gasteiger charge is 2.43. The van der Waals surface area contributed by atoms with E-state index in [1.165, 1.54) is 54.6 Å². The van der Waals surface area contributed by atoms with Crippen LogP contribution in [-0.4, -0.2) is 197 Å². The minimum Gasteiger partial charge on any atom is -0.451 e. The van der Waals surface area contributed by atoms with Gasteiger partial charge < -0.3 is 57.8 Å². The van der Waals surface area contributed by atoms with E-state index in [0.29, 0.717) is 44.3 Å². The minimum atomic E-state index is -1.45. The van der Waals surface area contributed by atoms with E-state index in [0.717, 1.165) is 68.8 Å². The number of cyclic esters (lactones) is 3. The maximum Gasteiger partial charge on any atom is 0.329 e. The highest BCUT2D eigenvalue weighted by Crippen LogP contribution is 2.36. The first kappa shape index (κ1) is 60.8. The second-order valence-corrected chi connectivity index (χ2v) is 23.5. The Balaban J connectivity index is 1.23. The summed E-state index contributed by atoms with van der Waals surface area (Å²) in [5, 5.41) is 0. The van der Waals surface area contributed by atoms with Crippen LogP contribution in [0, 0.1) is 23.7 Å². The van der Waals surface area contributed by atoms with E-state index in [4.69, 9.17) is 28.4 Å². The lowest BCUT2D eigenvalue weighted by atomic mass is 10.0. The Labute approximate surface area is 467 Å². The lowest BCUT2D eigenvalue weighted by Crippen LogP contribution is -2.54. The predicted octanol–water partition coefficient (Wildman–Crippen LogP) is 5.32. The van der Waals surface area contributed by atoms with Crippen molar-refractivity contribution >= 4 is 52.9 Å². The number of esters is 3. The van der Waals surface area contributed by atoms with Crippen molar-refractivity contribution in [3.63, 3.8) is 0 Å². The van der Waals surface area contributed by atoms with Crippen LogP contribution in [0.5, 0.6) is 0 Å². The predicted molar refractivity (Wildman–Crippen MR) is 297 cm³/mol. The molecule has 0 radical (unpaired) electrons. The van der Waals surface area contributed by atoms with E-state index in [2.05, 4.69) is 9.80 Å². The molecular weight excluding hydrogens is 1010 g/mol. The van der Waals surface area contributed by atoms with Crippen molar-refractivity contribution < 1.29 is 62.0 Å². The number of amides is 4. The van der Waals surface area contributed by atoms with E-state index in [9.17, 15) is 24.0 Å². The highest BCUT2D eigenvalue weighted by molar-refractivity contribution is 5.93. The average molecular weight is 1100 g/mol. The van der Waals surface area contributed by atoms with Crippen molar-refractivity contribution in [1.29, 1.82) is 0 Å². The number of hydrogen-bond acceptors (Lipinski definition) is 15. The van der Waals surface area contributed by atoms with E-state index in [1.54, 1.807) is 7.05 Å². The quantitative estimate of drug-likeness (QED) is 0.174. The van der Waals surface area contributed by atoms with Gasteiger partial charge in [0.15, 0.2) is 18.3 Å².